The molecule has 2 aliphatic rings. The van der Waals surface area contributed by atoms with Crippen LogP contribution >= 0.6 is 0 Å². The van der Waals surface area contributed by atoms with Crippen molar-refractivity contribution in [3.8, 4) is 11.5 Å². The predicted octanol–water partition coefficient (Wildman–Crippen LogP) is -3.30. The Kier molecular flexibility index (Phi) is 7.70. The second-order valence-electron chi connectivity index (χ2n) is 7.67. The molecule has 2 aliphatic heterocycles. The van der Waals surface area contributed by atoms with Crippen molar-refractivity contribution in [3.05, 3.63) is 23.8 Å². The van der Waals surface area contributed by atoms with Crippen LogP contribution in [0.4, 0.5) is 0 Å². The van der Waals surface area contributed by atoms with Crippen LogP contribution in [-0.4, -0.2) is 115 Å². The number of hydrogen-bond donors (Lipinski definition) is 8. The van der Waals surface area contributed by atoms with E-state index in [1.165, 1.54) is 12.1 Å². The van der Waals surface area contributed by atoms with E-state index in [0.29, 0.717) is 5.56 Å². The standard InChI is InChI=1S/C19H28O12/c1-7-2-8(21)4-9(3-7)29-19-17(27)15(25)13(23)11(31-19)6-28-18-16(26)14(24)12(22)10(5-20)30-18/h2-4,10-27H,5-6H2,1H3/t10-,11-,12-,13-,14+,15+,16-,17-,18-,19-/m1/s1. The second-order valence-corrected chi connectivity index (χ2v) is 7.67. The second kappa shape index (κ2) is 9.92. The Morgan fingerprint density at radius 3 is 1.97 bits per heavy atom. The lowest BCUT2D eigenvalue weighted by Gasteiger charge is -2.42. The first-order valence-electron chi connectivity index (χ1n) is 9.71. The molecule has 0 radical (unpaired) electrons. The van der Waals surface area contributed by atoms with Crippen LogP contribution in [0.2, 0.25) is 0 Å². The van der Waals surface area contributed by atoms with Crippen LogP contribution in [-0.2, 0) is 14.2 Å². The SMILES string of the molecule is Cc1cc(O)cc(O[C@@H]2O[C@H](CO[C@@H]3O[C@H](CO)[C@@H](O)[C@H](O)[C@H]3O)[C@@H](O)[C@H](O)[C@H]2O)c1. The van der Waals surface area contributed by atoms with E-state index in [1.54, 1.807) is 13.0 Å². The first-order chi connectivity index (χ1) is 14.6. The zero-order chi connectivity index (χ0) is 22.9. The van der Waals surface area contributed by atoms with Crippen LogP contribution in [0.25, 0.3) is 0 Å². The molecule has 10 atom stereocenters. The molecule has 12 heteroatoms. The van der Waals surface area contributed by atoms with Gasteiger partial charge in [-0.15, -0.1) is 0 Å². The summed E-state index contributed by atoms with van der Waals surface area (Å²) in [7, 11) is 0. The Hall–Kier alpha value is -1.58. The summed E-state index contributed by atoms with van der Waals surface area (Å²) >= 11 is 0. The van der Waals surface area contributed by atoms with Crippen LogP contribution in [0.15, 0.2) is 18.2 Å². The Morgan fingerprint density at radius 2 is 1.35 bits per heavy atom. The molecule has 0 aromatic heterocycles. The molecule has 0 amide bonds. The number of rotatable bonds is 6. The number of ether oxygens (including phenoxy) is 4. The number of phenols is 1. The molecule has 2 fully saturated rings. The summed E-state index contributed by atoms with van der Waals surface area (Å²) in [5.74, 6) is 0.0714. The Labute approximate surface area is 177 Å². The van der Waals surface area contributed by atoms with Gasteiger partial charge in [0.15, 0.2) is 6.29 Å². The summed E-state index contributed by atoms with van der Waals surface area (Å²) < 4.78 is 21.6. The third kappa shape index (κ3) is 5.26. The van der Waals surface area contributed by atoms with Crippen LogP contribution in [0.1, 0.15) is 5.56 Å². The van der Waals surface area contributed by atoms with Gasteiger partial charge in [-0.05, 0) is 24.6 Å². The van der Waals surface area contributed by atoms with Gasteiger partial charge >= 0.3 is 0 Å². The van der Waals surface area contributed by atoms with E-state index in [9.17, 15) is 40.9 Å². The largest absolute Gasteiger partial charge is 0.508 e. The van der Waals surface area contributed by atoms with E-state index in [0.717, 1.165) is 0 Å². The fourth-order valence-corrected chi connectivity index (χ4v) is 3.48. The number of hydrogen-bond acceptors (Lipinski definition) is 12. The fraction of sp³-hybridized carbons (Fsp3) is 0.684. The molecule has 1 aromatic carbocycles. The summed E-state index contributed by atoms with van der Waals surface area (Å²) in [6, 6.07) is 4.33. The van der Waals surface area contributed by atoms with Crippen LogP contribution in [0, 0.1) is 6.92 Å². The molecule has 176 valence electrons. The van der Waals surface area contributed by atoms with Crippen molar-refractivity contribution in [2.45, 2.75) is 68.3 Å². The molecule has 31 heavy (non-hydrogen) atoms. The van der Waals surface area contributed by atoms with Crippen molar-refractivity contribution >= 4 is 0 Å². The van der Waals surface area contributed by atoms with Gasteiger partial charge in [0.05, 0.1) is 13.2 Å². The normalized spacial score (nSPS) is 41.2. The molecular weight excluding hydrogens is 420 g/mol. The van der Waals surface area contributed by atoms with E-state index in [1.807, 2.05) is 0 Å². The molecule has 0 spiro atoms. The molecule has 0 unspecified atom stereocenters. The van der Waals surface area contributed by atoms with E-state index in [2.05, 4.69) is 0 Å². The highest BCUT2D eigenvalue weighted by molar-refractivity contribution is 5.37. The lowest BCUT2D eigenvalue weighted by atomic mass is 9.98. The van der Waals surface area contributed by atoms with Crippen LogP contribution in [0.3, 0.4) is 0 Å². The van der Waals surface area contributed by atoms with Gasteiger partial charge in [-0.2, -0.15) is 0 Å². The average molecular weight is 448 g/mol. The van der Waals surface area contributed by atoms with Crippen molar-refractivity contribution < 1.29 is 59.8 Å². The van der Waals surface area contributed by atoms with Gasteiger partial charge in [-0.1, -0.05) is 0 Å². The maximum atomic E-state index is 10.2. The lowest BCUT2D eigenvalue weighted by Crippen LogP contribution is -2.62. The quantitative estimate of drug-likeness (QED) is 0.216. The highest BCUT2D eigenvalue weighted by Crippen LogP contribution is 2.28. The number of aryl methyl sites for hydroxylation is 1. The third-order valence-electron chi connectivity index (χ3n) is 5.23. The van der Waals surface area contributed by atoms with Crippen LogP contribution < -0.4 is 4.74 Å². The van der Waals surface area contributed by atoms with Crippen molar-refractivity contribution in [1.82, 2.24) is 0 Å². The first kappa shape index (κ1) is 24.1. The zero-order valence-corrected chi connectivity index (χ0v) is 16.6. The van der Waals surface area contributed by atoms with Gasteiger partial charge in [-0.3, -0.25) is 0 Å². The molecule has 1 aromatic rings. The molecule has 12 nitrogen and oxygen atoms in total. The highest BCUT2D eigenvalue weighted by atomic mass is 16.7. The molecule has 3 rings (SSSR count). The Bertz CT molecular complexity index is 710. The molecule has 2 heterocycles. The average Bonchev–Trinajstić information content (AvgIpc) is 2.72. The molecular formula is C19H28O12. The molecule has 0 saturated carbocycles. The smallest absolute Gasteiger partial charge is 0.229 e. The molecule has 0 bridgehead atoms. The summed E-state index contributed by atoms with van der Waals surface area (Å²) in [4.78, 5) is 0. The fourth-order valence-electron chi connectivity index (χ4n) is 3.48. The van der Waals surface area contributed by atoms with Gasteiger partial charge in [0.1, 0.15) is 60.3 Å². The minimum absolute atomic E-state index is 0.0802. The lowest BCUT2D eigenvalue weighted by molar-refractivity contribution is -0.323. The van der Waals surface area contributed by atoms with E-state index < -0.39 is 74.6 Å². The van der Waals surface area contributed by atoms with Crippen LogP contribution in [0.5, 0.6) is 11.5 Å². The van der Waals surface area contributed by atoms with Gasteiger partial charge in [-0.25, -0.2) is 0 Å². The van der Waals surface area contributed by atoms with Crippen molar-refractivity contribution in [1.29, 1.82) is 0 Å². The number of phenolic OH excluding ortho intramolecular Hbond substituents is 1. The minimum atomic E-state index is -1.67. The molecule has 8 N–H and O–H groups in total. The maximum absolute atomic E-state index is 10.2. The van der Waals surface area contributed by atoms with Gasteiger partial charge in [0, 0.05) is 6.07 Å². The number of aliphatic hydroxyl groups is 7. The first-order valence-corrected chi connectivity index (χ1v) is 9.71. The van der Waals surface area contributed by atoms with Crippen molar-refractivity contribution in [2.24, 2.45) is 0 Å². The highest BCUT2D eigenvalue weighted by Gasteiger charge is 2.47. The number of benzene rings is 1. The zero-order valence-electron chi connectivity index (χ0n) is 16.6. The van der Waals surface area contributed by atoms with Crippen molar-refractivity contribution in [2.75, 3.05) is 13.2 Å². The van der Waals surface area contributed by atoms with E-state index in [-0.39, 0.29) is 11.5 Å². The third-order valence-corrected chi connectivity index (χ3v) is 5.23. The Balaban J connectivity index is 1.66. The summed E-state index contributed by atoms with van der Waals surface area (Å²) in [5.41, 5.74) is 0.670. The number of aliphatic hydroxyl groups excluding tert-OH is 7. The minimum Gasteiger partial charge on any atom is -0.508 e. The predicted molar refractivity (Wildman–Crippen MR) is 99.9 cm³/mol. The summed E-state index contributed by atoms with van der Waals surface area (Å²) in [6.45, 7) is 0.602. The maximum Gasteiger partial charge on any atom is 0.229 e. The van der Waals surface area contributed by atoms with Gasteiger partial charge in [0.25, 0.3) is 0 Å². The topological polar surface area (TPSA) is 199 Å². The van der Waals surface area contributed by atoms with Gasteiger partial charge in [0.2, 0.25) is 6.29 Å². The summed E-state index contributed by atoms with van der Waals surface area (Å²) in [6.07, 6.45) is -15.1. The van der Waals surface area contributed by atoms with E-state index >= 15 is 0 Å². The molecule has 0 aliphatic carbocycles. The molecule has 2 saturated heterocycles. The monoisotopic (exact) mass is 448 g/mol. The number of aromatic hydroxyl groups is 1. The summed E-state index contributed by atoms with van der Waals surface area (Å²) in [5, 5.41) is 79.2. The van der Waals surface area contributed by atoms with E-state index in [4.69, 9.17) is 18.9 Å². The van der Waals surface area contributed by atoms with Crippen molar-refractivity contribution in [3.63, 3.8) is 0 Å². The Morgan fingerprint density at radius 1 is 0.774 bits per heavy atom. The van der Waals surface area contributed by atoms with Gasteiger partial charge < -0.3 is 59.8 Å².